The van der Waals surface area contributed by atoms with Crippen molar-refractivity contribution in [2.75, 3.05) is 6.61 Å². The number of ether oxygens (including phenoxy) is 1. The van der Waals surface area contributed by atoms with E-state index < -0.39 is 6.10 Å². The molecule has 1 unspecified atom stereocenters. The Balaban J connectivity index is 2.44. The van der Waals surface area contributed by atoms with Crippen LogP contribution in [-0.4, -0.2) is 18.0 Å². The van der Waals surface area contributed by atoms with Gasteiger partial charge in [0.2, 0.25) is 0 Å². The summed E-state index contributed by atoms with van der Waals surface area (Å²) in [6.45, 7) is 0.662. The minimum absolute atomic E-state index is 0.521. The number of hydrogen-bond donors (Lipinski definition) is 1. The summed E-state index contributed by atoms with van der Waals surface area (Å²) in [6.07, 6.45) is 1.40. The lowest BCUT2D eigenvalue weighted by Crippen LogP contribution is -2.12. The molecule has 0 radical (unpaired) electrons. The number of fused-ring (bicyclic) bond motifs is 1. The average Bonchev–Trinajstić information content (AvgIpc) is 2.27. The maximum Gasteiger partial charge on any atom is 0.153 e. The Morgan fingerprint density at radius 3 is 3.14 bits per heavy atom. The van der Waals surface area contributed by atoms with E-state index in [2.05, 4.69) is 0 Å². The molecule has 0 saturated heterocycles. The average molecular weight is 192 g/mol. The summed E-state index contributed by atoms with van der Waals surface area (Å²) in [6, 6.07) is 5.54. The van der Waals surface area contributed by atoms with Gasteiger partial charge >= 0.3 is 0 Å². The minimum Gasteiger partial charge on any atom is -0.493 e. The van der Waals surface area contributed by atoms with E-state index in [1.165, 1.54) is 0 Å². The summed E-state index contributed by atoms with van der Waals surface area (Å²) in [7, 11) is 0. The predicted octanol–water partition coefficient (Wildman–Crippen LogP) is 1.24. The fourth-order valence-corrected chi connectivity index (χ4v) is 1.72. The molecule has 3 nitrogen and oxygen atoms in total. The van der Waals surface area contributed by atoms with Crippen molar-refractivity contribution in [2.45, 2.75) is 18.9 Å². The Hall–Kier alpha value is -1.35. The van der Waals surface area contributed by atoms with Crippen LogP contribution in [0.3, 0.4) is 0 Å². The Bertz CT molecular complexity index is 346. The van der Waals surface area contributed by atoms with Crippen molar-refractivity contribution < 1.29 is 14.6 Å². The molecule has 3 heteroatoms. The quantitative estimate of drug-likeness (QED) is 0.717. The smallest absolute Gasteiger partial charge is 0.153 e. The van der Waals surface area contributed by atoms with Crippen LogP contribution in [0.2, 0.25) is 0 Å². The lowest BCUT2D eigenvalue weighted by atomic mass is 10.00. The number of aldehydes is 1. The molecule has 0 amide bonds. The Kier molecular flexibility index (Phi) is 2.50. The first-order chi connectivity index (χ1) is 6.83. The van der Waals surface area contributed by atoms with Crippen molar-refractivity contribution in [2.24, 2.45) is 0 Å². The van der Waals surface area contributed by atoms with Crippen LogP contribution in [-0.2, 0) is 11.2 Å². The first-order valence-electron chi connectivity index (χ1n) is 4.71. The van der Waals surface area contributed by atoms with Gasteiger partial charge in [0, 0.05) is 5.56 Å². The number of aryl methyl sites for hydroxylation is 1. The number of para-hydroxylation sites is 1. The molecule has 0 saturated carbocycles. The van der Waals surface area contributed by atoms with E-state index in [1.54, 1.807) is 6.07 Å². The fraction of sp³-hybridized carbons (Fsp3) is 0.364. The first kappa shape index (κ1) is 9.21. The van der Waals surface area contributed by atoms with Crippen LogP contribution in [0.1, 0.15) is 23.7 Å². The highest BCUT2D eigenvalue weighted by Gasteiger charge is 2.18. The third-order valence-electron chi connectivity index (χ3n) is 2.41. The van der Waals surface area contributed by atoms with E-state index in [1.807, 2.05) is 12.1 Å². The van der Waals surface area contributed by atoms with E-state index in [-0.39, 0.29) is 0 Å². The Morgan fingerprint density at radius 1 is 1.50 bits per heavy atom. The lowest BCUT2D eigenvalue weighted by Gasteiger charge is -2.20. The van der Waals surface area contributed by atoms with E-state index in [4.69, 9.17) is 4.74 Å². The normalized spacial score (nSPS) is 16.6. The summed E-state index contributed by atoms with van der Waals surface area (Å²) in [4.78, 5) is 10.5. The molecular formula is C11H12O3. The van der Waals surface area contributed by atoms with Crippen molar-refractivity contribution in [3.05, 3.63) is 29.3 Å². The van der Waals surface area contributed by atoms with Gasteiger partial charge in [0.15, 0.2) is 6.29 Å². The topological polar surface area (TPSA) is 46.5 Å². The fourth-order valence-electron chi connectivity index (χ4n) is 1.72. The van der Waals surface area contributed by atoms with Crippen LogP contribution in [0.25, 0.3) is 0 Å². The molecule has 0 fully saturated rings. The number of hydrogen-bond acceptors (Lipinski definition) is 3. The molecule has 1 N–H and O–H groups in total. The highest BCUT2D eigenvalue weighted by atomic mass is 16.5. The van der Waals surface area contributed by atoms with Crippen LogP contribution in [0.5, 0.6) is 5.75 Å². The molecule has 1 atom stereocenters. The van der Waals surface area contributed by atoms with Gasteiger partial charge in [-0.1, -0.05) is 18.2 Å². The summed E-state index contributed by atoms with van der Waals surface area (Å²) >= 11 is 0. The van der Waals surface area contributed by atoms with Crippen molar-refractivity contribution in [1.82, 2.24) is 0 Å². The Labute approximate surface area is 82.3 Å². The van der Waals surface area contributed by atoms with Gasteiger partial charge in [-0.05, 0) is 18.4 Å². The number of rotatable bonds is 2. The van der Waals surface area contributed by atoms with Crippen LogP contribution in [0.4, 0.5) is 0 Å². The SMILES string of the molecule is O=CC(O)c1cccc2c1OCCC2. The molecule has 74 valence electrons. The van der Waals surface area contributed by atoms with Crippen LogP contribution < -0.4 is 4.74 Å². The molecule has 1 aliphatic heterocycles. The van der Waals surface area contributed by atoms with Gasteiger partial charge in [-0.15, -0.1) is 0 Å². The molecule has 14 heavy (non-hydrogen) atoms. The second-order valence-corrected chi connectivity index (χ2v) is 3.37. The zero-order valence-electron chi connectivity index (χ0n) is 7.77. The number of carbonyl (C=O) groups is 1. The third-order valence-corrected chi connectivity index (χ3v) is 2.41. The van der Waals surface area contributed by atoms with Crippen molar-refractivity contribution in [3.63, 3.8) is 0 Å². The van der Waals surface area contributed by atoms with Gasteiger partial charge in [-0.3, -0.25) is 0 Å². The number of carbonyl (C=O) groups excluding carboxylic acids is 1. The van der Waals surface area contributed by atoms with Crippen LogP contribution in [0, 0.1) is 0 Å². The van der Waals surface area contributed by atoms with Crippen molar-refractivity contribution >= 4 is 6.29 Å². The van der Waals surface area contributed by atoms with Crippen LogP contribution >= 0.6 is 0 Å². The zero-order chi connectivity index (χ0) is 9.97. The molecule has 2 rings (SSSR count). The highest BCUT2D eigenvalue weighted by Crippen LogP contribution is 2.31. The Morgan fingerprint density at radius 2 is 2.36 bits per heavy atom. The van der Waals surface area contributed by atoms with E-state index in [0.717, 1.165) is 18.4 Å². The molecule has 1 aromatic carbocycles. The summed E-state index contributed by atoms with van der Waals surface area (Å²) in [5, 5.41) is 9.44. The van der Waals surface area contributed by atoms with Gasteiger partial charge in [-0.25, -0.2) is 0 Å². The second-order valence-electron chi connectivity index (χ2n) is 3.37. The van der Waals surface area contributed by atoms with Gasteiger partial charge in [-0.2, -0.15) is 0 Å². The maximum absolute atomic E-state index is 10.5. The van der Waals surface area contributed by atoms with Crippen molar-refractivity contribution in [3.8, 4) is 5.75 Å². The predicted molar refractivity (Wildman–Crippen MR) is 51.3 cm³/mol. The first-order valence-corrected chi connectivity index (χ1v) is 4.71. The number of benzene rings is 1. The van der Waals surface area contributed by atoms with Crippen LogP contribution in [0.15, 0.2) is 18.2 Å². The summed E-state index contributed by atoms with van der Waals surface area (Å²) in [5.41, 5.74) is 1.66. The standard InChI is InChI=1S/C11H12O3/c12-7-10(13)9-5-1-3-8-4-2-6-14-11(8)9/h1,3,5,7,10,13H,2,4,6H2. The largest absolute Gasteiger partial charge is 0.493 e. The van der Waals surface area contributed by atoms with Crippen molar-refractivity contribution in [1.29, 1.82) is 0 Å². The molecule has 0 aromatic heterocycles. The van der Waals surface area contributed by atoms with E-state index >= 15 is 0 Å². The number of aliphatic hydroxyl groups is 1. The summed E-state index contributed by atoms with van der Waals surface area (Å²) < 4.78 is 5.46. The second kappa shape index (κ2) is 3.80. The van der Waals surface area contributed by atoms with Gasteiger partial charge in [0.05, 0.1) is 6.61 Å². The lowest BCUT2D eigenvalue weighted by molar-refractivity contribution is -0.115. The maximum atomic E-state index is 10.5. The van der Waals surface area contributed by atoms with E-state index in [0.29, 0.717) is 24.2 Å². The molecule has 1 aliphatic rings. The van der Waals surface area contributed by atoms with E-state index in [9.17, 15) is 9.90 Å². The molecular weight excluding hydrogens is 180 g/mol. The highest BCUT2D eigenvalue weighted by molar-refractivity contribution is 5.63. The zero-order valence-corrected chi connectivity index (χ0v) is 7.77. The molecule has 1 heterocycles. The van der Waals surface area contributed by atoms with Gasteiger partial charge < -0.3 is 14.6 Å². The molecule has 1 aromatic rings. The number of aliphatic hydroxyl groups excluding tert-OH is 1. The van der Waals surface area contributed by atoms with Gasteiger partial charge in [0.25, 0.3) is 0 Å². The minimum atomic E-state index is -1.07. The molecule has 0 bridgehead atoms. The van der Waals surface area contributed by atoms with Gasteiger partial charge in [0.1, 0.15) is 11.9 Å². The molecule has 0 aliphatic carbocycles. The summed E-state index contributed by atoms with van der Waals surface area (Å²) in [5.74, 6) is 0.693. The monoisotopic (exact) mass is 192 g/mol. The third kappa shape index (κ3) is 1.51. The molecule has 0 spiro atoms.